The molecule has 1 fully saturated rings. The summed E-state index contributed by atoms with van der Waals surface area (Å²) in [4.78, 5) is 12.1. The second kappa shape index (κ2) is 6.86. The van der Waals surface area contributed by atoms with E-state index in [1.807, 2.05) is 30.3 Å². The van der Waals surface area contributed by atoms with Gasteiger partial charge >= 0.3 is 0 Å². The zero-order valence-electron chi connectivity index (χ0n) is 11.8. The predicted octanol–water partition coefficient (Wildman–Crippen LogP) is 1.37. The van der Waals surface area contributed by atoms with Crippen molar-refractivity contribution in [1.29, 1.82) is 0 Å². The number of nitrogens with two attached hydrogens (primary N) is 1. The molecule has 0 heterocycles. The number of hydrogen-bond donors (Lipinski definition) is 3. The Morgan fingerprint density at radius 3 is 2.55 bits per heavy atom. The predicted molar refractivity (Wildman–Crippen MR) is 79.2 cm³/mol. The van der Waals surface area contributed by atoms with Crippen LogP contribution in [0.3, 0.4) is 0 Å². The van der Waals surface area contributed by atoms with Crippen molar-refractivity contribution in [2.75, 3.05) is 6.61 Å². The van der Waals surface area contributed by atoms with Crippen molar-refractivity contribution in [3.63, 3.8) is 0 Å². The number of carbonyl (C=O) groups is 1. The lowest BCUT2D eigenvalue weighted by Crippen LogP contribution is -2.54. The van der Waals surface area contributed by atoms with Crippen molar-refractivity contribution in [3.8, 4) is 0 Å². The molecular formula is C16H24N2O2. The van der Waals surface area contributed by atoms with Crippen LogP contribution in [0, 0.1) is 0 Å². The highest BCUT2D eigenvalue weighted by Gasteiger charge is 2.35. The minimum absolute atomic E-state index is 0.00411. The lowest BCUT2D eigenvalue weighted by Gasteiger charge is -2.29. The number of aryl methyl sites for hydroxylation is 1. The molecule has 1 saturated carbocycles. The molecule has 0 bridgehead atoms. The van der Waals surface area contributed by atoms with E-state index in [9.17, 15) is 9.90 Å². The molecule has 0 spiro atoms. The molecule has 1 aromatic rings. The molecule has 1 aliphatic rings. The first-order chi connectivity index (χ1) is 9.65. The molecular weight excluding hydrogens is 252 g/mol. The summed E-state index contributed by atoms with van der Waals surface area (Å²) < 4.78 is 0. The minimum Gasteiger partial charge on any atom is -0.394 e. The highest BCUT2D eigenvalue weighted by Crippen LogP contribution is 2.29. The van der Waals surface area contributed by atoms with Crippen molar-refractivity contribution in [3.05, 3.63) is 35.9 Å². The van der Waals surface area contributed by atoms with Crippen molar-refractivity contribution in [1.82, 2.24) is 5.32 Å². The first-order valence-corrected chi connectivity index (χ1v) is 7.38. The maximum atomic E-state index is 12.1. The van der Waals surface area contributed by atoms with Gasteiger partial charge in [-0.1, -0.05) is 43.2 Å². The third-order valence-corrected chi connectivity index (χ3v) is 4.18. The molecule has 1 aliphatic carbocycles. The Morgan fingerprint density at radius 1 is 1.30 bits per heavy atom. The van der Waals surface area contributed by atoms with Crippen LogP contribution < -0.4 is 11.1 Å². The maximum Gasteiger partial charge on any atom is 0.237 e. The summed E-state index contributed by atoms with van der Waals surface area (Å²) >= 11 is 0. The number of hydrogen-bond acceptors (Lipinski definition) is 3. The van der Waals surface area contributed by atoms with Gasteiger partial charge in [-0.05, 0) is 31.2 Å². The molecule has 1 atom stereocenters. The molecule has 1 amide bonds. The van der Waals surface area contributed by atoms with E-state index in [0.29, 0.717) is 6.42 Å². The van der Waals surface area contributed by atoms with Crippen LogP contribution in [0.5, 0.6) is 0 Å². The summed E-state index contributed by atoms with van der Waals surface area (Å²) in [6.07, 6.45) is 5.22. The summed E-state index contributed by atoms with van der Waals surface area (Å²) in [6.45, 7) is 0.00411. The second-order valence-corrected chi connectivity index (χ2v) is 5.77. The van der Waals surface area contributed by atoms with Crippen LogP contribution in [-0.2, 0) is 11.2 Å². The van der Waals surface area contributed by atoms with E-state index in [0.717, 1.165) is 32.1 Å². The van der Waals surface area contributed by atoms with E-state index in [-0.39, 0.29) is 12.5 Å². The average molecular weight is 276 g/mol. The number of carbonyl (C=O) groups excluding carboxylic acids is 1. The molecule has 0 saturated heterocycles. The summed E-state index contributed by atoms with van der Waals surface area (Å²) in [5.74, 6) is -0.142. The van der Waals surface area contributed by atoms with Crippen LogP contribution in [0.2, 0.25) is 0 Å². The number of nitrogens with one attached hydrogen (secondary N) is 1. The van der Waals surface area contributed by atoms with E-state index in [2.05, 4.69) is 5.32 Å². The van der Waals surface area contributed by atoms with E-state index in [1.165, 1.54) is 5.56 Å². The Morgan fingerprint density at radius 2 is 1.95 bits per heavy atom. The number of rotatable bonds is 6. The molecule has 20 heavy (non-hydrogen) atoms. The average Bonchev–Trinajstić information content (AvgIpc) is 2.95. The zero-order chi connectivity index (χ0) is 14.4. The number of benzene rings is 1. The lowest BCUT2D eigenvalue weighted by atomic mass is 9.97. The van der Waals surface area contributed by atoms with Gasteiger partial charge in [0.1, 0.15) is 0 Å². The van der Waals surface area contributed by atoms with Crippen molar-refractivity contribution in [2.24, 2.45) is 5.73 Å². The van der Waals surface area contributed by atoms with E-state index < -0.39 is 11.6 Å². The third-order valence-electron chi connectivity index (χ3n) is 4.18. The fourth-order valence-electron chi connectivity index (χ4n) is 2.83. The first kappa shape index (κ1) is 15.0. The second-order valence-electron chi connectivity index (χ2n) is 5.77. The zero-order valence-corrected chi connectivity index (χ0v) is 11.8. The summed E-state index contributed by atoms with van der Waals surface area (Å²) in [5.41, 5.74) is 6.72. The van der Waals surface area contributed by atoms with E-state index in [4.69, 9.17) is 5.73 Å². The van der Waals surface area contributed by atoms with Gasteiger partial charge in [0.2, 0.25) is 5.91 Å². The largest absolute Gasteiger partial charge is 0.394 e. The molecule has 0 radical (unpaired) electrons. The first-order valence-electron chi connectivity index (χ1n) is 7.38. The topological polar surface area (TPSA) is 75.4 Å². The Balaban J connectivity index is 1.83. The van der Waals surface area contributed by atoms with Gasteiger partial charge in [0.15, 0.2) is 0 Å². The monoisotopic (exact) mass is 276 g/mol. The molecule has 0 aromatic heterocycles. The summed E-state index contributed by atoms with van der Waals surface area (Å²) in [7, 11) is 0. The van der Waals surface area contributed by atoms with Crippen molar-refractivity contribution in [2.45, 2.75) is 50.1 Å². The van der Waals surface area contributed by atoms with Gasteiger partial charge in [-0.3, -0.25) is 4.79 Å². The smallest absolute Gasteiger partial charge is 0.237 e. The highest BCUT2D eigenvalue weighted by atomic mass is 16.3. The molecule has 1 aromatic carbocycles. The fraction of sp³-hybridized carbons (Fsp3) is 0.562. The van der Waals surface area contributed by atoms with Crippen LogP contribution in [0.4, 0.5) is 0 Å². The molecule has 4 nitrogen and oxygen atoms in total. The summed E-state index contributed by atoms with van der Waals surface area (Å²) in [5, 5.41) is 12.5. The summed E-state index contributed by atoms with van der Waals surface area (Å²) in [6, 6.07) is 9.51. The molecule has 2 rings (SSSR count). The lowest BCUT2D eigenvalue weighted by molar-refractivity contribution is -0.125. The van der Waals surface area contributed by atoms with Gasteiger partial charge in [0, 0.05) is 0 Å². The van der Waals surface area contributed by atoms with Crippen LogP contribution in [0.1, 0.15) is 37.7 Å². The number of aliphatic hydroxyl groups is 1. The van der Waals surface area contributed by atoms with Crippen LogP contribution in [-0.4, -0.2) is 29.2 Å². The van der Waals surface area contributed by atoms with Gasteiger partial charge < -0.3 is 16.2 Å². The molecule has 4 heteroatoms. The third kappa shape index (κ3) is 3.81. The molecule has 0 unspecified atom stereocenters. The Bertz CT molecular complexity index is 427. The van der Waals surface area contributed by atoms with Gasteiger partial charge in [-0.15, -0.1) is 0 Å². The fourth-order valence-corrected chi connectivity index (χ4v) is 2.83. The Kier molecular flexibility index (Phi) is 5.15. The molecule has 0 aliphatic heterocycles. The van der Waals surface area contributed by atoms with Crippen LogP contribution >= 0.6 is 0 Å². The number of aliphatic hydroxyl groups excluding tert-OH is 1. The Labute approximate surface area is 120 Å². The van der Waals surface area contributed by atoms with Gasteiger partial charge in [-0.2, -0.15) is 0 Å². The van der Waals surface area contributed by atoms with Crippen molar-refractivity contribution >= 4 is 5.91 Å². The SMILES string of the molecule is N[C@@H](CCc1ccccc1)C(=O)NC1(CO)CCCC1. The van der Waals surface area contributed by atoms with Gasteiger partial charge in [0.05, 0.1) is 18.2 Å². The quantitative estimate of drug-likeness (QED) is 0.734. The highest BCUT2D eigenvalue weighted by molar-refractivity contribution is 5.82. The van der Waals surface area contributed by atoms with Gasteiger partial charge in [0.25, 0.3) is 0 Å². The van der Waals surface area contributed by atoms with Gasteiger partial charge in [-0.25, -0.2) is 0 Å². The van der Waals surface area contributed by atoms with E-state index >= 15 is 0 Å². The molecule has 4 N–H and O–H groups in total. The maximum absolute atomic E-state index is 12.1. The molecule has 110 valence electrons. The number of amides is 1. The van der Waals surface area contributed by atoms with Crippen LogP contribution in [0.15, 0.2) is 30.3 Å². The standard InChI is InChI=1S/C16H24N2O2/c17-14(9-8-13-6-2-1-3-7-13)15(20)18-16(12-19)10-4-5-11-16/h1-3,6-7,14,19H,4-5,8-12,17H2,(H,18,20)/t14-/m0/s1. The van der Waals surface area contributed by atoms with Crippen LogP contribution in [0.25, 0.3) is 0 Å². The normalized spacial score (nSPS) is 18.7. The van der Waals surface area contributed by atoms with Crippen molar-refractivity contribution < 1.29 is 9.90 Å². The minimum atomic E-state index is -0.515. The van der Waals surface area contributed by atoms with E-state index in [1.54, 1.807) is 0 Å². The Hall–Kier alpha value is -1.39.